The van der Waals surface area contributed by atoms with Crippen LogP contribution < -0.4 is 10.1 Å². The summed E-state index contributed by atoms with van der Waals surface area (Å²) < 4.78 is 5.27. The number of hydrogen-bond acceptors (Lipinski definition) is 6. The van der Waals surface area contributed by atoms with Crippen molar-refractivity contribution >= 4 is 11.8 Å². The SMILES string of the molecule is CCCCNCC(=O)N1CCN(C(=O)c2cccc3c2CN(C(C)(C)CCc2ccc(O)c(OC)c2)C3)CC1. The summed E-state index contributed by atoms with van der Waals surface area (Å²) in [5.41, 5.74) is 4.17. The topological polar surface area (TPSA) is 85.4 Å². The molecule has 0 unspecified atom stereocenters. The lowest BCUT2D eigenvalue weighted by Crippen LogP contribution is -2.52. The van der Waals surface area contributed by atoms with Gasteiger partial charge in [-0.1, -0.05) is 31.5 Å². The zero-order chi connectivity index (χ0) is 28.0. The van der Waals surface area contributed by atoms with Crippen molar-refractivity contribution in [2.45, 2.75) is 65.1 Å². The molecule has 2 aromatic rings. The molecule has 1 saturated heterocycles. The molecule has 8 nitrogen and oxygen atoms in total. The number of phenols is 1. The van der Waals surface area contributed by atoms with E-state index in [2.05, 4.69) is 37.1 Å². The molecule has 1 fully saturated rings. The summed E-state index contributed by atoms with van der Waals surface area (Å²) in [6.45, 7) is 11.7. The van der Waals surface area contributed by atoms with E-state index in [0.717, 1.165) is 62.0 Å². The van der Waals surface area contributed by atoms with Crippen molar-refractivity contribution in [1.82, 2.24) is 20.0 Å². The van der Waals surface area contributed by atoms with Crippen LogP contribution in [-0.2, 0) is 24.3 Å². The van der Waals surface area contributed by atoms with Gasteiger partial charge in [-0.3, -0.25) is 14.5 Å². The predicted molar refractivity (Wildman–Crippen MR) is 153 cm³/mol. The fourth-order valence-corrected chi connectivity index (χ4v) is 5.47. The van der Waals surface area contributed by atoms with Gasteiger partial charge in [0.2, 0.25) is 5.91 Å². The van der Waals surface area contributed by atoms with Gasteiger partial charge >= 0.3 is 0 Å². The minimum atomic E-state index is -0.0817. The molecule has 0 atom stereocenters. The van der Waals surface area contributed by atoms with Crippen molar-refractivity contribution < 1.29 is 19.4 Å². The number of nitrogens with zero attached hydrogens (tertiary/aromatic N) is 3. The van der Waals surface area contributed by atoms with E-state index < -0.39 is 0 Å². The second-order valence-electron chi connectivity index (χ2n) is 11.3. The quantitative estimate of drug-likeness (QED) is 0.425. The molecule has 212 valence electrons. The highest BCUT2D eigenvalue weighted by Gasteiger charge is 2.35. The molecule has 0 spiro atoms. The van der Waals surface area contributed by atoms with Crippen molar-refractivity contribution in [3.8, 4) is 11.5 Å². The van der Waals surface area contributed by atoms with Crippen molar-refractivity contribution in [3.63, 3.8) is 0 Å². The number of carbonyl (C=O) groups excluding carboxylic acids is 2. The van der Waals surface area contributed by atoms with Crippen molar-refractivity contribution in [2.75, 3.05) is 46.4 Å². The van der Waals surface area contributed by atoms with Crippen LogP contribution in [0.3, 0.4) is 0 Å². The molecular weight excluding hydrogens is 492 g/mol. The Labute approximate surface area is 232 Å². The van der Waals surface area contributed by atoms with Crippen molar-refractivity contribution in [2.24, 2.45) is 0 Å². The Morgan fingerprint density at radius 3 is 2.51 bits per heavy atom. The first-order chi connectivity index (χ1) is 18.7. The van der Waals surface area contributed by atoms with E-state index in [-0.39, 0.29) is 23.1 Å². The third-order valence-corrected chi connectivity index (χ3v) is 8.24. The number of amides is 2. The molecular formula is C31H44N4O4. The summed E-state index contributed by atoms with van der Waals surface area (Å²) in [4.78, 5) is 32.3. The van der Waals surface area contributed by atoms with E-state index in [1.165, 1.54) is 5.56 Å². The number of fused-ring (bicyclic) bond motifs is 1. The smallest absolute Gasteiger partial charge is 0.254 e. The minimum absolute atomic E-state index is 0.0656. The first kappa shape index (κ1) is 28.9. The van der Waals surface area contributed by atoms with E-state index in [9.17, 15) is 14.7 Å². The number of aryl methyl sites for hydroxylation is 1. The summed E-state index contributed by atoms with van der Waals surface area (Å²) in [5, 5.41) is 13.1. The van der Waals surface area contributed by atoms with E-state index in [1.54, 1.807) is 13.2 Å². The summed E-state index contributed by atoms with van der Waals surface area (Å²) in [6, 6.07) is 11.6. The lowest BCUT2D eigenvalue weighted by atomic mass is 9.93. The summed E-state index contributed by atoms with van der Waals surface area (Å²) in [5.74, 6) is 0.828. The molecule has 0 aromatic heterocycles. The van der Waals surface area contributed by atoms with Crippen LogP contribution in [0.25, 0.3) is 0 Å². The predicted octanol–water partition coefficient (Wildman–Crippen LogP) is 3.80. The molecule has 39 heavy (non-hydrogen) atoms. The van der Waals surface area contributed by atoms with E-state index in [1.807, 2.05) is 34.1 Å². The molecule has 8 heteroatoms. The van der Waals surface area contributed by atoms with Crippen molar-refractivity contribution in [1.29, 1.82) is 0 Å². The Kier molecular flexibility index (Phi) is 9.51. The number of piperazine rings is 1. The highest BCUT2D eigenvalue weighted by Crippen LogP contribution is 2.35. The molecule has 2 aromatic carbocycles. The zero-order valence-electron chi connectivity index (χ0n) is 24.0. The number of ether oxygens (including phenoxy) is 1. The van der Waals surface area contributed by atoms with Gasteiger partial charge < -0.3 is 25.0 Å². The second kappa shape index (κ2) is 12.8. The number of rotatable bonds is 11. The molecule has 2 heterocycles. The van der Waals surface area contributed by atoms with Crippen LogP contribution in [0.5, 0.6) is 11.5 Å². The van der Waals surface area contributed by atoms with Gasteiger partial charge in [-0.05, 0) is 74.5 Å². The fourth-order valence-electron chi connectivity index (χ4n) is 5.47. The maximum Gasteiger partial charge on any atom is 0.254 e. The van der Waals surface area contributed by atoms with Crippen LogP contribution in [0.15, 0.2) is 36.4 Å². The maximum absolute atomic E-state index is 13.6. The molecule has 2 N–H and O–H groups in total. The van der Waals surface area contributed by atoms with Gasteiger partial charge in [0, 0.05) is 50.4 Å². The van der Waals surface area contributed by atoms with Crippen LogP contribution in [-0.4, -0.2) is 83.5 Å². The van der Waals surface area contributed by atoms with Crippen LogP contribution in [0.2, 0.25) is 0 Å². The highest BCUT2D eigenvalue weighted by molar-refractivity contribution is 5.96. The number of methoxy groups -OCH3 is 1. The van der Waals surface area contributed by atoms with Gasteiger partial charge in [-0.25, -0.2) is 0 Å². The number of benzene rings is 2. The monoisotopic (exact) mass is 536 g/mol. The number of carbonyl (C=O) groups is 2. The normalized spacial score (nSPS) is 15.9. The third-order valence-electron chi connectivity index (χ3n) is 8.24. The van der Waals surface area contributed by atoms with Crippen LogP contribution in [0.1, 0.15) is 67.1 Å². The average molecular weight is 537 g/mol. The lowest BCUT2D eigenvalue weighted by Gasteiger charge is -2.36. The Hall–Kier alpha value is -3.10. The van der Waals surface area contributed by atoms with Gasteiger partial charge in [0.05, 0.1) is 13.7 Å². The summed E-state index contributed by atoms with van der Waals surface area (Å²) in [6.07, 6.45) is 3.97. The molecule has 0 radical (unpaired) electrons. The Morgan fingerprint density at radius 1 is 1.05 bits per heavy atom. The van der Waals surface area contributed by atoms with Crippen LogP contribution in [0, 0.1) is 0 Å². The van der Waals surface area contributed by atoms with E-state index in [4.69, 9.17) is 4.74 Å². The van der Waals surface area contributed by atoms with E-state index in [0.29, 0.717) is 38.5 Å². The van der Waals surface area contributed by atoms with Crippen LogP contribution in [0.4, 0.5) is 0 Å². The third kappa shape index (κ3) is 6.92. The molecule has 2 aliphatic rings. The number of phenolic OH excluding ortho intramolecular Hbond substituents is 1. The number of nitrogens with one attached hydrogen (secondary N) is 1. The lowest BCUT2D eigenvalue weighted by molar-refractivity contribution is -0.131. The summed E-state index contributed by atoms with van der Waals surface area (Å²) >= 11 is 0. The highest BCUT2D eigenvalue weighted by atomic mass is 16.5. The number of unbranched alkanes of at least 4 members (excludes halogenated alkanes) is 1. The molecule has 4 rings (SSSR count). The maximum atomic E-state index is 13.6. The minimum Gasteiger partial charge on any atom is -0.504 e. The van der Waals surface area contributed by atoms with Gasteiger partial charge in [0.25, 0.3) is 5.91 Å². The number of hydrogen-bond donors (Lipinski definition) is 2. The second-order valence-corrected chi connectivity index (χ2v) is 11.3. The average Bonchev–Trinajstić information content (AvgIpc) is 3.40. The zero-order valence-corrected chi connectivity index (χ0v) is 24.0. The van der Waals surface area contributed by atoms with Gasteiger partial charge in [0.15, 0.2) is 11.5 Å². The first-order valence-corrected chi connectivity index (χ1v) is 14.2. The number of aromatic hydroxyl groups is 1. The molecule has 2 aliphatic heterocycles. The first-order valence-electron chi connectivity index (χ1n) is 14.2. The van der Waals surface area contributed by atoms with Crippen LogP contribution >= 0.6 is 0 Å². The Balaban J connectivity index is 1.34. The van der Waals surface area contributed by atoms with Gasteiger partial charge in [-0.2, -0.15) is 0 Å². The molecule has 0 bridgehead atoms. The molecule has 0 saturated carbocycles. The van der Waals surface area contributed by atoms with Gasteiger partial charge in [0.1, 0.15) is 0 Å². The van der Waals surface area contributed by atoms with E-state index >= 15 is 0 Å². The molecule has 0 aliphatic carbocycles. The molecule has 2 amide bonds. The van der Waals surface area contributed by atoms with Gasteiger partial charge in [-0.15, -0.1) is 0 Å². The van der Waals surface area contributed by atoms with Crippen molar-refractivity contribution in [3.05, 3.63) is 58.7 Å². The summed E-state index contributed by atoms with van der Waals surface area (Å²) in [7, 11) is 1.57. The largest absolute Gasteiger partial charge is 0.504 e. The Bertz CT molecular complexity index is 1160. The Morgan fingerprint density at radius 2 is 1.79 bits per heavy atom. The standard InChI is InChI=1S/C31H44N4O4/c1-5-6-14-32-20-29(37)33-15-17-34(18-16-33)30(38)25-9-7-8-24-21-35(22-26(24)25)31(2,3)13-12-23-10-11-27(36)28(19-23)39-4/h7-11,19,32,36H,5-6,12-18,20-22H2,1-4H3. The fraction of sp³-hybridized carbons (Fsp3) is 0.548.